The largest absolute Gasteiger partial charge is 0.367 e. The molecule has 0 radical (unpaired) electrons. The highest BCUT2D eigenvalue weighted by Gasteiger charge is 2.07. The Hall–Kier alpha value is -1.81. The van der Waals surface area contributed by atoms with Gasteiger partial charge in [0.2, 0.25) is 0 Å². The minimum absolute atomic E-state index is 0.724. The molecule has 0 saturated heterocycles. The van der Waals surface area contributed by atoms with E-state index in [0.717, 1.165) is 31.0 Å². The van der Waals surface area contributed by atoms with Gasteiger partial charge >= 0.3 is 0 Å². The molecule has 0 spiro atoms. The molecule has 0 aliphatic rings. The van der Waals surface area contributed by atoms with Crippen LogP contribution in [0, 0.1) is 0 Å². The Morgan fingerprint density at radius 3 is 2.63 bits per heavy atom. The highest BCUT2D eigenvalue weighted by Crippen LogP contribution is 2.17. The van der Waals surface area contributed by atoms with Crippen molar-refractivity contribution in [2.24, 2.45) is 0 Å². The van der Waals surface area contributed by atoms with Gasteiger partial charge in [0.1, 0.15) is 0 Å². The lowest BCUT2D eigenvalue weighted by atomic mass is 10.1. The second kappa shape index (κ2) is 6.38. The predicted molar refractivity (Wildman–Crippen MR) is 77.2 cm³/mol. The minimum Gasteiger partial charge on any atom is -0.367 e. The Morgan fingerprint density at radius 1 is 1.26 bits per heavy atom. The molecule has 0 aliphatic carbocycles. The van der Waals surface area contributed by atoms with Crippen LogP contribution in [-0.4, -0.2) is 19.3 Å². The molecule has 1 aromatic heterocycles. The SMILES string of the molecule is CCc1ccc(N(C)Cc2cc(CNC)no2)cc1. The highest BCUT2D eigenvalue weighted by atomic mass is 16.5. The van der Waals surface area contributed by atoms with Gasteiger partial charge in [0.15, 0.2) is 5.76 Å². The maximum absolute atomic E-state index is 5.32. The normalized spacial score (nSPS) is 10.7. The topological polar surface area (TPSA) is 41.3 Å². The highest BCUT2D eigenvalue weighted by molar-refractivity contribution is 5.47. The molecule has 0 bridgehead atoms. The van der Waals surface area contributed by atoms with E-state index < -0.39 is 0 Å². The van der Waals surface area contributed by atoms with Crippen molar-refractivity contribution in [3.63, 3.8) is 0 Å². The van der Waals surface area contributed by atoms with Gasteiger partial charge in [-0.1, -0.05) is 24.2 Å². The fourth-order valence-corrected chi connectivity index (χ4v) is 2.01. The molecule has 2 rings (SSSR count). The van der Waals surface area contributed by atoms with Gasteiger partial charge in [-0.25, -0.2) is 0 Å². The van der Waals surface area contributed by atoms with Gasteiger partial charge < -0.3 is 14.7 Å². The van der Waals surface area contributed by atoms with Crippen LogP contribution in [0.3, 0.4) is 0 Å². The number of aromatic nitrogens is 1. The second-order valence-electron chi connectivity index (χ2n) is 4.69. The Labute approximate surface area is 114 Å². The number of anilines is 1. The minimum atomic E-state index is 0.724. The zero-order valence-electron chi connectivity index (χ0n) is 11.8. The summed E-state index contributed by atoms with van der Waals surface area (Å²) in [5.41, 5.74) is 3.48. The van der Waals surface area contributed by atoms with Gasteiger partial charge in [-0.15, -0.1) is 0 Å². The first-order valence-electron chi connectivity index (χ1n) is 6.62. The number of aryl methyl sites for hydroxylation is 1. The molecule has 0 saturated carbocycles. The molecule has 1 aromatic carbocycles. The average molecular weight is 259 g/mol. The smallest absolute Gasteiger partial charge is 0.156 e. The lowest BCUT2D eigenvalue weighted by Gasteiger charge is -2.17. The van der Waals surface area contributed by atoms with Crippen molar-refractivity contribution in [3.05, 3.63) is 47.3 Å². The first-order chi connectivity index (χ1) is 9.22. The van der Waals surface area contributed by atoms with Crippen LogP contribution in [0.1, 0.15) is 23.9 Å². The van der Waals surface area contributed by atoms with E-state index >= 15 is 0 Å². The summed E-state index contributed by atoms with van der Waals surface area (Å²) in [5, 5.41) is 7.07. The van der Waals surface area contributed by atoms with Crippen molar-refractivity contribution >= 4 is 5.69 Å². The lowest BCUT2D eigenvalue weighted by Crippen LogP contribution is -2.15. The first-order valence-corrected chi connectivity index (χ1v) is 6.62. The van der Waals surface area contributed by atoms with Crippen molar-refractivity contribution in [3.8, 4) is 0 Å². The van der Waals surface area contributed by atoms with Gasteiger partial charge in [0, 0.05) is 25.3 Å². The molecule has 0 aliphatic heterocycles. The van der Waals surface area contributed by atoms with Crippen LogP contribution in [0.4, 0.5) is 5.69 Å². The van der Waals surface area contributed by atoms with Gasteiger partial charge in [0.05, 0.1) is 12.2 Å². The van der Waals surface area contributed by atoms with E-state index in [1.807, 2.05) is 13.1 Å². The fourth-order valence-electron chi connectivity index (χ4n) is 2.01. The first kappa shape index (κ1) is 13.6. The average Bonchev–Trinajstić information content (AvgIpc) is 2.86. The summed E-state index contributed by atoms with van der Waals surface area (Å²) < 4.78 is 5.32. The fraction of sp³-hybridized carbons (Fsp3) is 0.400. The molecule has 102 valence electrons. The maximum atomic E-state index is 5.32. The summed E-state index contributed by atoms with van der Waals surface area (Å²) >= 11 is 0. The Kier molecular flexibility index (Phi) is 4.58. The molecule has 4 heteroatoms. The third-order valence-electron chi connectivity index (χ3n) is 3.14. The summed E-state index contributed by atoms with van der Waals surface area (Å²) in [6.07, 6.45) is 1.07. The van der Waals surface area contributed by atoms with E-state index in [2.05, 4.69) is 53.6 Å². The van der Waals surface area contributed by atoms with E-state index in [1.54, 1.807) is 0 Å². The molecular formula is C15H21N3O. The summed E-state index contributed by atoms with van der Waals surface area (Å²) in [7, 11) is 3.96. The Balaban J connectivity index is 2.00. The van der Waals surface area contributed by atoms with E-state index in [-0.39, 0.29) is 0 Å². The third kappa shape index (κ3) is 3.58. The molecule has 0 atom stereocenters. The summed E-state index contributed by atoms with van der Waals surface area (Å²) in [5.74, 6) is 0.882. The Bertz CT molecular complexity index is 504. The van der Waals surface area contributed by atoms with E-state index in [4.69, 9.17) is 4.52 Å². The Morgan fingerprint density at radius 2 is 2.00 bits per heavy atom. The van der Waals surface area contributed by atoms with Crippen LogP contribution in [0.2, 0.25) is 0 Å². The van der Waals surface area contributed by atoms with Crippen LogP contribution in [0.5, 0.6) is 0 Å². The van der Waals surface area contributed by atoms with Crippen LogP contribution >= 0.6 is 0 Å². The van der Waals surface area contributed by atoms with Crippen molar-refractivity contribution < 1.29 is 4.52 Å². The van der Waals surface area contributed by atoms with Crippen LogP contribution in [0.25, 0.3) is 0 Å². The summed E-state index contributed by atoms with van der Waals surface area (Å²) in [4.78, 5) is 2.16. The van der Waals surface area contributed by atoms with Crippen LogP contribution in [0.15, 0.2) is 34.9 Å². The quantitative estimate of drug-likeness (QED) is 0.865. The zero-order chi connectivity index (χ0) is 13.7. The van der Waals surface area contributed by atoms with Crippen molar-refractivity contribution in [1.82, 2.24) is 10.5 Å². The van der Waals surface area contributed by atoms with E-state index in [0.29, 0.717) is 0 Å². The van der Waals surface area contributed by atoms with Crippen molar-refractivity contribution in [2.45, 2.75) is 26.4 Å². The van der Waals surface area contributed by atoms with Crippen LogP contribution < -0.4 is 10.2 Å². The molecule has 4 nitrogen and oxygen atoms in total. The van der Waals surface area contributed by atoms with Gasteiger partial charge in [-0.3, -0.25) is 0 Å². The number of hydrogen-bond donors (Lipinski definition) is 1. The molecule has 0 amide bonds. The number of benzene rings is 1. The molecule has 19 heavy (non-hydrogen) atoms. The van der Waals surface area contributed by atoms with Gasteiger partial charge in [-0.05, 0) is 31.2 Å². The summed E-state index contributed by atoms with van der Waals surface area (Å²) in [6, 6.07) is 10.6. The number of nitrogens with one attached hydrogen (secondary N) is 1. The molecule has 0 unspecified atom stereocenters. The number of rotatable bonds is 6. The molecule has 0 fully saturated rings. The summed E-state index contributed by atoms with van der Waals surface area (Å²) in [6.45, 7) is 3.62. The zero-order valence-corrected chi connectivity index (χ0v) is 11.8. The third-order valence-corrected chi connectivity index (χ3v) is 3.14. The second-order valence-corrected chi connectivity index (χ2v) is 4.69. The predicted octanol–water partition coefficient (Wildman–Crippen LogP) is 2.59. The number of nitrogens with zero attached hydrogens (tertiary/aromatic N) is 2. The molecule has 1 heterocycles. The van der Waals surface area contributed by atoms with Gasteiger partial charge in [0.25, 0.3) is 0 Å². The molecule has 1 N–H and O–H groups in total. The van der Waals surface area contributed by atoms with E-state index in [1.165, 1.54) is 11.3 Å². The standard InChI is InChI=1S/C15H21N3O/c1-4-12-5-7-14(8-6-12)18(3)11-15-9-13(10-16-2)17-19-15/h5-9,16H,4,10-11H2,1-3H3. The monoisotopic (exact) mass is 259 g/mol. The van der Waals surface area contributed by atoms with Crippen LogP contribution in [-0.2, 0) is 19.5 Å². The van der Waals surface area contributed by atoms with Crippen molar-refractivity contribution in [2.75, 3.05) is 19.0 Å². The van der Waals surface area contributed by atoms with E-state index in [9.17, 15) is 0 Å². The molecule has 2 aromatic rings. The maximum Gasteiger partial charge on any atom is 0.156 e. The molecular weight excluding hydrogens is 238 g/mol. The van der Waals surface area contributed by atoms with Crippen molar-refractivity contribution in [1.29, 1.82) is 0 Å². The van der Waals surface area contributed by atoms with Gasteiger partial charge in [-0.2, -0.15) is 0 Å². The number of hydrogen-bond acceptors (Lipinski definition) is 4. The lowest BCUT2D eigenvalue weighted by molar-refractivity contribution is 0.376.